The molecule has 11 heteroatoms. The van der Waals surface area contributed by atoms with Gasteiger partial charge in [0.25, 0.3) is 0 Å². The SMILES string of the molecule is CCOC(=O)CN(CCc1ccc(O)cc1)C(=O)CC1C(=O)N(CCc2ccc(OC)cc2)CC(=O)N1CCc1cccs1. The van der Waals surface area contributed by atoms with Gasteiger partial charge in [0.1, 0.15) is 24.1 Å². The number of ether oxygens (including phenoxy) is 2. The molecule has 4 rings (SSSR count). The second-order valence-electron chi connectivity index (χ2n) is 10.5. The Morgan fingerprint density at radius 3 is 2.34 bits per heavy atom. The van der Waals surface area contributed by atoms with Crippen molar-refractivity contribution in [2.24, 2.45) is 0 Å². The van der Waals surface area contributed by atoms with E-state index in [9.17, 15) is 24.3 Å². The third-order valence-electron chi connectivity index (χ3n) is 7.58. The van der Waals surface area contributed by atoms with Crippen LogP contribution in [0.5, 0.6) is 11.5 Å². The van der Waals surface area contributed by atoms with Gasteiger partial charge >= 0.3 is 5.97 Å². The Kier molecular flexibility index (Phi) is 11.8. The van der Waals surface area contributed by atoms with Gasteiger partial charge in [-0.05, 0) is 73.0 Å². The summed E-state index contributed by atoms with van der Waals surface area (Å²) in [4.78, 5) is 59.1. The fourth-order valence-electron chi connectivity index (χ4n) is 5.13. The second kappa shape index (κ2) is 15.9. The van der Waals surface area contributed by atoms with E-state index in [1.54, 1.807) is 49.6 Å². The van der Waals surface area contributed by atoms with Crippen molar-refractivity contribution in [3.05, 3.63) is 82.0 Å². The van der Waals surface area contributed by atoms with Gasteiger partial charge in [0, 0.05) is 24.5 Å². The largest absolute Gasteiger partial charge is 0.508 e. The van der Waals surface area contributed by atoms with Crippen LogP contribution in [0.1, 0.15) is 29.3 Å². The first-order valence-electron chi connectivity index (χ1n) is 14.7. The first-order valence-corrected chi connectivity index (χ1v) is 15.6. The van der Waals surface area contributed by atoms with Gasteiger partial charge in [-0.25, -0.2) is 0 Å². The molecule has 1 saturated heterocycles. The molecule has 1 aliphatic rings. The molecule has 2 aromatic carbocycles. The summed E-state index contributed by atoms with van der Waals surface area (Å²) in [5.74, 6) is -0.597. The van der Waals surface area contributed by atoms with Crippen molar-refractivity contribution >= 4 is 35.0 Å². The average Bonchev–Trinajstić information content (AvgIpc) is 3.55. The number of piperazine rings is 1. The first-order chi connectivity index (χ1) is 21.3. The molecule has 234 valence electrons. The van der Waals surface area contributed by atoms with Gasteiger partial charge in [0.05, 0.1) is 26.7 Å². The van der Waals surface area contributed by atoms with Crippen LogP contribution in [0.25, 0.3) is 0 Å². The highest BCUT2D eigenvalue weighted by Crippen LogP contribution is 2.21. The normalized spacial score (nSPS) is 14.9. The van der Waals surface area contributed by atoms with Crippen LogP contribution in [0.2, 0.25) is 0 Å². The van der Waals surface area contributed by atoms with Crippen molar-refractivity contribution in [2.45, 2.75) is 38.6 Å². The summed E-state index contributed by atoms with van der Waals surface area (Å²) < 4.78 is 10.3. The van der Waals surface area contributed by atoms with Crippen molar-refractivity contribution in [3.8, 4) is 11.5 Å². The number of amides is 3. The number of carbonyl (C=O) groups excluding carboxylic acids is 4. The molecule has 0 bridgehead atoms. The van der Waals surface area contributed by atoms with E-state index in [4.69, 9.17) is 9.47 Å². The zero-order valence-corrected chi connectivity index (χ0v) is 26.0. The van der Waals surface area contributed by atoms with Gasteiger partial charge in [-0.2, -0.15) is 0 Å². The maximum atomic E-state index is 13.9. The third kappa shape index (κ3) is 9.06. The highest BCUT2D eigenvalue weighted by molar-refractivity contribution is 7.09. The molecule has 1 N–H and O–H groups in total. The molecular formula is C33H39N3O7S. The summed E-state index contributed by atoms with van der Waals surface area (Å²) in [6.07, 6.45) is 1.29. The van der Waals surface area contributed by atoms with Crippen LogP contribution in [0, 0.1) is 0 Å². The topological polar surface area (TPSA) is 117 Å². The lowest BCUT2D eigenvalue weighted by Crippen LogP contribution is -2.61. The molecule has 0 spiro atoms. The van der Waals surface area contributed by atoms with E-state index in [1.165, 1.54) is 14.7 Å². The number of benzene rings is 2. The van der Waals surface area contributed by atoms with Gasteiger partial charge in [-0.3, -0.25) is 19.2 Å². The lowest BCUT2D eigenvalue weighted by molar-refractivity contribution is -0.158. The minimum absolute atomic E-state index is 0.0580. The molecule has 44 heavy (non-hydrogen) atoms. The molecule has 1 fully saturated rings. The van der Waals surface area contributed by atoms with Crippen LogP contribution < -0.4 is 4.74 Å². The van der Waals surface area contributed by atoms with E-state index in [0.29, 0.717) is 32.4 Å². The Morgan fingerprint density at radius 1 is 0.977 bits per heavy atom. The summed E-state index contributed by atoms with van der Waals surface area (Å²) in [6, 6.07) is 17.1. The van der Waals surface area contributed by atoms with Gasteiger partial charge in [-0.1, -0.05) is 30.3 Å². The van der Waals surface area contributed by atoms with Crippen LogP contribution in [-0.4, -0.2) is 96.0 Å². The Balaban J connectivity index is 1.51. The molecule has 3 amide bonds. The first kappa shape index (κ1) is 32.5. The lowest BCUT2D eigenvalue weighted by atomic mass is 10.0. The quantitative estimate of drug-likeness (QED) is 0.259. The molecule has 1 aromatic heterocycles. The number of thiophene rings is 1. The lowest BCUT2D eigenvalue weighted by Gasteiger charge is -2.40. The molecule has 0 saturated carbocycles. The minimum atomic E-state index is -0.988. The number of carbonyl (C=O) groups is 4. The van der Waals surface area contributed by atoms with Crippen molar-refractivity contribution < 1.29 is 33.8 Å². The number of hydrogen-bond donors (Lipinski definition) is 1. The highest BCUT2D eigenvalue weighted by Gasteiger charge is 2.41. The Hall–Kier alpha value is -4.38. The number of phenols is 1. The zero-order valence-electron chi connectivity index (χ0n) is 25.1. The molecule has 2 heterocycles. The molecule has 1 aliphatic heterocycles. The summed E-state index contributed by atoms with van der Waals surface area (Å²) in [6.45, 7) is 2.38. The number of rotatable bonds is 15. The smallest absolute Gasteiger partial charge is 0.325 e. The fraction of sp³-hybridized carbons (Fsp3) is 0.394. The monoisotopic (exact) mass is 621 g/mol. The van der Waals surface area contributed by atoms with Crippen LogP contribution in [0.15, 0.2) is 66.0 Å². The predicted molar refractivity (Wildman–Crippen MR) is 166 cm³/mol. The third-order valence-corrected chi connectivity index (χ3v) is 8.52. The summed E-state index contributed by atoms with van der Waals surface area (Å²) in [5.41, 5.74) is 1.87. The van der Waals surface area contributed by atoms with Crippen LogP contribution in [0.4, 0.5) is 0 Å². The van der Waals surface area contributed by atoms with E-state index in [-0.39, 0.29) is 50.2 Å². The van der Waals surface area contributed by atoms with Gasteiger partial charge in [0.15, 0.2) is 0 Å². The molecule has 3 aromatic rings. The minimum Gasteiger partial charge on any atom is -0.508 e. The second-order valence-corrected chi connectivity index (χ2v) is 11.6. The molecule has 1 unspecified atom stereocenters. The van der Waals surface area contributed by atoms with E-state index in [2.05, 4.69) is 0 Å². The van der Waals surface area contributed by atoms with Crippen molar-refractivity contribution in [1.29, 1.82) is 0 Å². The number of methoxy groups -OCH3 is 1. The highest BCUT2D eigenvalue weighted by atomic mass is 32.1. The van der Waals surface area contributed by atoms with E-state index in [0.717, 1.165) is 21.8 Å². The standard InChI is InChI=1S/C33H39N3O7S/c1-3-43-32(40)23-34(17-14-24-6-10-26(37)11-7-24)30(38)21-29-33(41)35(18-15-25-8-12-27(42-2)13-9-25)22-31(39)36(29)19-16-28-5-4-20-44-28/h4-13,20,29,37H,3,14-19,21-23H2,1-2H3. The van der Waals surface area contributed by atoms with Crippen LogP contribution in [-0.2, 0) is 43.2 Å². The number of phenolic OH excluding ortho intramolecular Hbond substituents is 1. The van der Waals surface area contributed by atoms with Gasteiger partial charge in [-0.15, -0.1) is 11.3 Å². The Labute approximate surface area is 261 Å². The molecule has 1 atom stereocenters. The Morgan fingerprint density at radius 2 is 1.68 bits per heavy atom. The van der Waals surface area contributed by atoms with Crippen molar-refractivity contribution in [1.82, 2.24) is 14.7 Å². The van der Waals surface area contributed by atoms with Crippen LogP contribution >= 0.6 is 11.3 Å². The van der Waals surface area contributed by atoms with E-state index >= 15 is 0 Å². The number of aromatic hydroxyl groups is 1. The van der Waals surface area contributed by atoms with Gasteiger partial charge in [0.2, 0.25) is 17.7 Å². The molecule has 0 aliphatic carbocycles. The fourth-order valence-corrected chi connectivity index (χ4v) is 5.83. The Bertz CT molecular complexity index is 1390. The van der Waals surface area contributed by atoms with E-state index < -0.39 is 17.9 Å². The summed E-state index contributed by atoms with van der Waals surface area (Å²) >= 11 is 1.57. The van der Waals surface area contributed by atoms with Crippen molar-refractivity contribution in [3.63, 3.8) is 0 Å². The maximum absolute atomic E-state index is 13.9. The maximum Gasteiger partial charge on any atom is 0.325 e. The predicted octanol–water partition coefficient (Wildman–Crippen LogP) is 3.31. The molecular weight excluding hydrogens is 582 g/mol. The number of hydrogen-bond acceptors (Lipinski definition) is 8. The average molecular weight is 622 g/mol. The number of nitrogens with zero attached hydrogens (tertiary/aromatic N) is 3. The summed E-state index contributed by atoms with van der Waals surface area (Å²) in [5, 5.41) is 11.6. The van der Waals surface area contributed by atoms with Crippen molar-refractivity contribution in [2.75, 3.05) is 46.4 Å². The van der Waals surface area contributed by atoms with Gasteiger partial charge < -0.3 is 29.3 Å². The molecule has 10 nitrogen and oxygen atoms in total. The molecule has 0 radical (unpaired) electrons. The van der Waals surface area contributed by atoms with E-state index in [1.807, 2.05) is 41.8 Å². The number of esters is 1. The summed E-state index contributed by atoms with van der Waals surface area (Å²) in [7, 11) is 1.60. The zero-order chi connectivity index (χ0) is 31.5. The van der Waals surface area contributed by atoms with Crippen LogP contribution in [0.3, 0.4) is 0 Å².